The molecule has 0 spiro atoms. The Morgan fingerprint density at radius 2 is 2.25 bits per heavy atom. The van der Waals surface area contributed by atoms with Gasteiger partial charge in [0.25, 0.3) is 0 Å². The summed E-state index contributed by atoms with van der Waals surface area (Å²) >= 11 is 0. The van der Waals surface area contributed by atoms with Crippen LogP contribution in [0.4, 0.5) is 0 Å². The van der Waals surface area contributed by atoms with Gasteiger partial charge < -0.3 is 5.73 Å². The highest BCUT2D eigenvalue weighted by atomic mass is 14.6. The van der Waals surface area contributed by atoms with Crippen LogP contribution in [0.15, 0.2) is 11.8 Å². The SMILES string of the molecule is CCCC/C(N)=C\CCCC#N. The number of unbranched alkanes of at least 4 members (excludes halogenated alkanes) is 3. The van der Waals surface area contributed by atoms with Gasteiger partial charge in [-0.15, -0.1) is 0 Å². The summed E-state index contributed by atoms with van der Waals surface area (Å²) in [6.07, 6.45) is 7.92. The standard InChI is InChI=1S/C10H18N2/c1-2-3-7-10(12)8-5-4-6-9-11/h8H,2-7,12H2,1H3/b10-8+. The highest BCUT2D eigenvalue weighted by Gasteiger charge is 1.89. The monoisotopic (exact) mass is 166 g/mol. The molecule has 0 saturated heterocycles. The molecular formula is C10H18N2. The van der Waals surface area contributed by atoms with Gasteiger partial charge in [0.15, 0.2) is 0 Å². The first-order valence-electron chi connectivity index (χ1n) is 4.62. The number of hydrogen-bond donors (Lipinski definition) is 1. The van der Waals surface area contributed by atoms with E-state index in [4.69, 9.17) is 11.0 Å². The summed E-state index contributed by atoms with van der Waals surface area (Å²) in [5.74, 6) is 0. The first kappa shape index (κ1) is 11.0. The minimum absolute atomic E-state index is 0.636. The Morgan fingerprint density at radius 1 is 1.50 bits per heavy atom. The molecule has 0 aromatic rings. The van der Waals surface area contributed by atoms with Gasteiger partial charge in [-0.1, -0.05) is 19.4 Å². The van der Waals surface area contributed by atoms with Crippen LogP contribution in [-0.2, 0) is 0 Å². The molecule has 0 atom stereocenters. The largest absolute Gasteiger partial charge is 0.402 e. The Kier molecular flexibility index (Phi) is 7.47. The number of nitrogens with zero attached hydrogens (tertiary/aromatic N) is 1. The van der Waals surface area contributed by atoms with Gasteiger partial charge in [0, 0.05) is 12.1 Å². The van der Waals surface area contributed by atoms with Crippen LogP contribution in [-0.4, -0.2) is 0 Å². The second kappa shape index (κ2) is 8.13. The quantitative estimate of drug-likeness (QED) is 0.617. The molecule has 0 amide bonds. The van der Waals surface area contributed by atoms with E-state index < -0.39 is 0 Å². The van der Waals surface area contributed by atoms with Gasteiger partial charge in [-0.2, -0.15) is 5.26 Å². The first-order chi connectivity index (χ1) is 5.81. The van der Waals surface area contributed by atoms with Crippen LogP contribution in [0.5, 0.6) is 0 Å². The van der Waals surface area contributed by atoms with Crippen molar-refractivity contribution in [3.8, 4) is 6.07 Å². The molecule has 0 fully saturated rings. The predicted molar refractivity (Wildman–Crippen MR) is 51.3 cm³/mol. The highest BCUT2D eigenvalue weighted by molar-refractivity contribution is 4.96. The topological polar surface area (TPSA) is 49.8 Å². The van der Waals surface area contributed by atoms with Crippen LogP contribution in [0.3, 0.4) is 0 Å². The van der Waals surface area contributed by atoms with E-state index in [2.05, 4.69) is 13.0 Å². The van der Waals surface area contributed by atoms with Gasteiger partial charge in [-0.25, -0.2) is 0 Å². The van der Waals surface area contributed by atoms with Crippen molar-refractivity contribution < 1.29 is 0 Å². The lowest BCUT2D eigenvalue weighted by molar-refractivity contribution is 0.770. The first-order valence-corrected chi connectivity index (χ1v) is 4.62. The van der Waals surface area contributed by atoms with Crippen LogP contribution >= 0.6 is 0 Å². The molecule has 0 rings (SSSR count). The second-order valence-electron chi connectivity index (χ2n) is 2.93. The zero-order chi connectivity index (χ0) is 9.23. The van der Waals surface area contributed by atoms with Crippen molar-refractivity contribution >= 4 is 0 Å². The number of hydrogen-bond acceptors (Lipinski definition) is 2. The molecule has 0 heterocycles. The lowest BCUT2D eigenvalue weighted by Gasteiger charge is -1.98. The van der Waals surface area contributed by atoms with Crippen LogP contribution in [0, 0.1) is 11.3 Å². The number of nitriles is 1. The summed E-state index contributed by atoms with van der Waals surface area (Å²) in [5, 5.41) is 8.27. The lowest BCUT2D eigenvalue weighted by atomic mass is 10.1. The molecule has 0 aromatic carbocycles. The Hall–Kier alpha value is -0.970. The third kappa shape index (κ3) is 7.14. The Bertz CT molecular complexity index is 165. The summed E-state index contributed by atoms with van der Waals surface area (Å²) in [7, 11) is 0. The molecule has 0 bridgehead atoms. The van der Waals surface area contributed by atoms with E-state index in [9.17, 15) is 0 Å². The highest BCUT2D eigenvalue weighted by Crippen LogP contribution is 2.04. The van der Waals surface area contributed by atoms with Crippen molar-refractivity contribution in [3.05, 3.63) is 11.8 Å². The molecule has 2 nitrogen and oxygen atoms in total. The molecule has 68 valence electrons. The summed E-state index contributed by atoms with van der Waals surface area (Å²) in [5.41, 5.74) is 6.70. The van der Waals surface area contributed by atoms with Crippen molar-refractivity contribution in [2.24, 2.45) is 5.73 Å². The lowest BCUT2D eigenvalue weighted by Crippen LogP contribution is -1.96. The number of rotatable bonds is 6. The van der Waals surface area contributed by atoms with Crippen molar-refractivity contribution in [2.75, 3.05) is 0 Å². The van der Waals surface area contributed by atoms with E-state index in [0.29, 0.717) is 6.42 Å². The number of nitrogens with two attached hydrogens (primary N) is 1. The van der Waals surface area contributed by atoms with Crippen molar-refractivity contribution in [2.45, 2.75) is 45.4 Å². The molecule has 2 N–H and O–H groups in total. The second-order valence-corrected chi connectivity index (χ2v) is 2.93. The van der Waals surface area contributed by atoms with E-state index >= 15 is 0 Å². The number of allylic oxidation sites excluding steroid dienone is 2. The molecular weight excluding hydrogens is 148 g/mol. The maximum Gasteiger partial charge on any atom is 0.0621 e. The Labute approximate surface area is 75.1 Å². The van der Waals surface area contributed by atoms with Gasteiger partial charge in [-0.05, 0) is 25.7 Å². The van der Waals surface area contributed by atoms with E-state index in [1.807, 2.05) is 6.08 Å². The van der Waals surface area contributed by atoms with Crippen LogP contribution in [0.2, 0.25) is 0 Å². The van der Waals surface area contributed by atoms with Gasteiger partial charge >= 0.3 is 0 Å². The third-order valence-electron chi connectivity index (χ3n) is 1.72. The van der Waals surface area contributed by atoms with Gasteiger partial charge in [-0.3, -0.25) is 0 Å². The molecule has 0 aliphatic rings. The Balaban J connectivity index is 3.36. The molecule has 0 unspecified atom stereocenters. The van der Waals surface area contributed by atoms with Crippen LogP contribution in [0.25, 0.3) is 0 Å². The summed E-state index contributed by atoms with van der Waals surface area (Å²) in [6.45, 7) is 2.16. The van der Waals surface area contributed by atoms with E-state index in [-0.39, 0.29) is 0 Å². The molecule has 0 aromatic heterocycles. The summed E-state index contributed by atoms with van der Waals surface area (Å²) < 4.78 is 0. The maximum atomic E-state index is 8.27. The van der Waals surface area contributed by atoms with Gasteiger partial charge in [0.1, 0.15) is 0 Å². The van der Waals surface area contributed by atoms with Crippen molar-refractivity contribution in [3.63, 3.8) is 0 Å². The van der Waals surface area contributed by atoms with E-state index in [1.165, 1.54) is 12.8 Å². The normalized spacial score (nSPS) is 11.2. The Morgan fingerprint density at radius 3 is 2.83 bits per heavy atom. The van der Waals surface area contributed by atoms with Crippen molar-refractivity contribution in [1.82, 2.24) is 0 Å². The molecule has 0 aliphatic carbocycles. The van der Waals surface area contributed by atoms with E-state index in [1.54, 1.807) is 0 Å². The predicted octanol–water partition coefficient (Wildman–Crippen LogP) is 2.71. The average molecular weight is 166 g/mol. The minimum atomic E-state index is 0.636. The van der Waals surface area contributed by atoms with Crippen LogP contribution < -0.4 is 5.73 Å². The van der Waals surface area contributed by atoms with Gasteiger partial charge in [0.05, 0.1) is 6.07 Å². The summed E-state index contributed by atoms with van der Waals surface area (Å²) in [4.78, 5) is 0. The molecule has 0 radical (unpaired) electrons. The average Bonchev–Trinajstić information content (AvgIpc) is 2.09. The molecule has 2 heteroatoms. The van der Waals surface area contributed by atoms with Crippen LogP contribution in [0.1, 0.15) is 45.4 Å². The molecule has 0 aliphatic heterocycles. The zero-order valence-electron chi connectivity index (χ0n) is 7.84. The fourth-order valence-electron chi connectivity index (χ4n) is 0.952. The fourth-order valence-corrected chi connectivity index (χ4v) is 0.952. The fraction of sp³-hybridized carbons (Fsp3) is 0.700. The smallest absolute Gasteiger partial charge is 0.0621 e. The minimum Gasteiger partial charge on any atom is -0.402 e. The van der Waals surface area contributed by atoms with E-state index in [0.717, 1.165) is 25.0 Å². The maximum absolute atomic E-state index is 8.27. The zero-order valence-corrected chi connectivity index (χ0v) is 7.84. The van der Waals surface area contributed by atoms with Gasteiger partial charge in [0.2, 0.25) is 0 Å². The molecule has 0 saturated carbocycles. The third-order valence-corrected chi connectivity index (χ3v) is 1.72. The van der Waals surface area contributed by atoms with Crippen molar-refractivity contribution in [1.29, 1.82) is 5.26 Å². The summed E-state index contributed by atoms with van der Waals surface area (Å²) in [6, 6.07) is 2.11. The molecule has 12 heavy (non-hydrogen) atoms.